The van der Waals surface area contributed by atoms with Crippen molar-refractivity contribution in [2.45, 2.75) is 18.4 Å². The van der Waals surface area contributed by atoms with Gasteiger partial charge in [-0.1, -0.05) is 41.4 Å². The highest BCUT2D eigenvalue weighted by molar-refractivity contribution is 7.89. The van der Waals surface area contributed by atoms with Gasteiger partial charge in [0.05, 0.1) is 5.69 Å². The van der Waals surface area contributed by atoms with Gasteiger partial charge in [0.2, 0.25) is 10.0 Å². The summed E-state index contributed by atoms with van der Waals surface area (Å²) in [6.07, 6.45) is 0. The minimum Gasteiger partial charge on any atom is -0.398 e. The fraction of sp³-hybridized carbons (Fsp3) is 0.200. The summed E-state index contributed by atoms with van der Waals surface area (Å²) in [6.45, 7) is 2.25. The zero-order valence-electron chi connectivity index (χ0n) is 11.9. The van der Waals surface area contributed by atoms with Crippen LogP contribution in [0.4, 0.5) is 5.69 Å². The number of anilines is 1. The van der Waals surface area contributed by atoms with Gasteiger partial charge >= 0.3 is 0 Å². The number of nitrogen functional groups attached to an aromatic ring is 1. The normalized spacial score (nSPS) is 11.8. The Balaban J connectivity index is 2.30. The summed E-state index contributed by atoms with van der Waals surface area (Å²) < 4.78 is 26.4. The number of rotatable bonds is 4. The Labute approximate surface area is 130 Å². The first-order valence-corrected chi connectivity index (χ1v) is 8.19. The number of sulfonamides is 1. The van der Waals surface area contributed by atoms with Crippen molar-refractivity contribution in [3.05, 3.63) is 58.6 Å². The molecule has 4 nitrogen and oxygen atoms in total. The van der Waals surface area contributed by atoms with E-state index >= 15 is 0 Å². The second-order valence-electron chi connectivity index (χ2n) is 4.93. The molecule has 2 aromatic rings. The number of nitrogens with zero attached hydrogens (tertiary/aromatic N) is 1. The quantitative estimate of drug-likeness (QED) is 0.879. The SMILES string of the molecule is Cc1cccc(CN(C)S(=O)(=O)c2ccc(Cl)cc2N)c1. The van der Waals surface area contributed by atoms with Gasteiger partial charge in [-0.25, -0.2) is 8.42 Å². The van der Waals surface area contributed by atoms with Crippen LogP contribution in [-0.2, 0) is 16.6 Å². The van der Waals surface area contributed by atoms with Crippen LogP contribution in [0.2, 0.25) is 5.02 Å². The fourth-order valence-electron chi connectivity index (χ4n) is 2.07. The number of halogens is 1. The molecule has 2 N–H and O–H groups in total. The van der Waals surface area contributed by atoms with Gasteiger partial charge < -0.3 is 5.73 Å². The van der Waals surface area contributed by atoms with Crippen molar-refractivity contribution in [1.29, 1.82) is 0 Å². The van der Waals surface area contributed by atoms with E-state index in [-0.39, 0.29) is 17.1 Å². The molecule has 0 heterocycles. The summed E-state index contributed by atoms with van der Waals surface area (Å²) in [5, 5.41) is 0.410. The van der Waals surface area contributed by atoms with E-state index in [1.807, 2.05) is 31.2 Å². The lowest BCUT2D eigenvalue weighted by molar-refractivity contribution is 0.467. The van der Waals surface area contributed by atoms with Gasteiger partial charge in [-0.15, -0.1) is 0 Å². The van der Waals surface area contributed by atoms with Crippen molar-refractivity contribution in [3.63, 3.8) is 0 Å². The highest BCUT2D eigenvalue weighted by Crippen LogP contribution is 2.25. The number of aryl methyl sites for hydroxylation is 1. The highest BCUT2D eigenvalue weighted by Gasteiger charge is 2.23. The molecule has 0 aliphatic carbocycles. The van der Waals surface area contributed by atoms with Gasteiger partial charge in [-0.2, -0.15) is 4.31 Å². The van der Waals surface area contributed by atoms with E-state index in [1.54, 1.807) is 0 Å². The Bertz CT molecular complexity index is 760. The molecule has 0 spiro atoms. The maximum Gasteiger partial charge on any atom is 0.245 e. The second kappa shape index (κ2) is 6.05. The molecule has 2 rings (SSSR count). The van der Waals surface area contributed by atoms with E-state index in [4.69, 9.17) is 17.3 Å². The van der Waals surface area contributed by atoms with E-state index in [9.17, 15) is 8.42 Å². The standard InChI is InChI=1S/C15H17ClN2O2S/c1-11-4-3-5-12(8-11)10-18(2)21(19,20)15-7-6-13(16)9-14(15)17/h3-9H,10,17H2,1-2H3. The summed E-state index contributed by atoms with van der Waals surface area (Å²) >= 11 is 5.81. The fourth-order valence-corrected chi connectivity index (χ4v) is 3.51. The third-order valence-corrected chi connectivity index (χ3v) is 5.26. The molecule has 21 heavy (non-hydrogen) atoms. The van der Waals surface area contributed by atoms with Crippen molar-refractivity contribution in [2.24, 2.45) is 0 Å². The lowest BCUT2D eigenvalue weighted by Gasteiger charge is -2.18. The predicted octanol–water partition coefficient (Wildman–Crippen LogP) is 3.05. The molecular formula is C15H17ClN2O2S. The zero-order valence-corrected chi connectivity index (χ0v) is 13.4. The lowest BCUT2D eigenvalue weighted by Crippen LogP contribution is -2.27. The third kappa shape index (κ3) is 3.56. The van der Waals surface area contributed by atoms with Crippen LogP contribution in [0.15, 0.2) is 47.4 Å². The van der Waals surface area contributed by atoms with Crippen molar-refractivity contribution in [2.75, 3.05) is 12.8 Å². The van der Waals surface area contributed by atoms with Crippen LogP contribution in [0.25, 0.3) is 0 Å². The minimum atomic E-state index is -3.65. The van der Waals surface area contributed by atoms with Gasteiger partial charge in [0.15, 0.2) is 0 Å². The van der Waals surface area contributed by atoms with E-state index < -0.39 is 10.0 Å². The molecule has 6 heteroatoms. The number of hydrogen-bond donors (Lipinski definition) is 1. The molecule has 0 fully saturated rings. The first-order valence-electron chi connectivity index (χ1n) is 6.37. The molecule has 0 aliphatic rings. The smallest absolute Gasteiger partial charge is 0.245 e. The van der Waals surface area contributed by atoms with Crippen molar-refractivity contribution >= 4 is 27.3 Å². The molecule has 0 unspecified atom stereocenters. The predicted molar refractivity (Wildman–Crippen MR) is 85.7 cm³/mol. The topological polar surface area (TPSA) is 63.4 Å². The van der Waals surface area contributed by atoms with E-state index in [2.05, 4.69) is 0 Å². The molecule has 112 valence electrons. The monoisotopic (exact) mass is 324 g/mol. The highest BCUT2D eigenvalue weighted by atomic mass is 35.5. The Morgan fingerprint density at radius 3 is 2.52 bits per heavy atom. The van der Waals surface area contributed by atoms with E-state index in [1.165, 1.54) is 29.6 Å². The molecule has 0 aliphatic heterocycles. The molecule has 0 saturated carbocycles. The number of nitrogens with two attached hydrogens (primary N) is 1. The summed E-state index contributed by atoms with van der Waals surface area (Å²) in [5.74, 6) is 0. The maximum atomic E-state index is 12.6. The summed E-state index contributed by atoms with van der Waals surface area (Å²) in [5.41, 5.74) is 7.94. The minimum absolute atomic E-state index is 0.0713. The average molecular weight is 325 g/mol. The van der Waals surface area contributed by atoms with Crippen molar-refractivity contribution < 1.29 is 8.42 Å². The Morgan fingerprint density at radius 2 is 1.90 bits per heavy atom. The number of benzene rings is 2. The zero-order chi connectivity index (χ0) is 15.6. The van der Waals surface area contributed by atoms with E-state index in [0.29, 0.717) is 5.02 Å². The molecule has 0 radical (unpaired) electrons. The van der Waals surface area contributed by atoms with Crippen LogP contribution in [-0.4, -0.2) is 19.8 Å². The maximum absolute atomic E-state index is 12.6. The first kappa shape index (κ1) is 15.8. The van der Waals surface area contributed by atoms with Crippen LogP contribution in [0.3, 0.4) is 0 Å². The molecule has 2 aromatic carbocycles. The summed E-state index contributed by atoms with van der Waals surface area (Å²) in [6, 6.07) is 12.1. The molecule has 0 saturated heterocycles. The van der Waals surface area contributed by atoms with Crippen molar-refractivity contribution in [1.82, 2.24) is 4.31 Å². The second-order valence-corrected chi connectivity index (χ2v) is 7.38. The third-order valence-electron chi connectivity index (χ3n) is 3.15. The van der Waals surface area contributed by atoms with Crippen LogP contribution >= 0.6 is 11.6 Å². The first-order chi connectivity index (χ1) is 9.80. The van der Waals surface area contributed by atoms with Crippen LogP contribution in [0.5, 0.6) is 0 Å². The average Bonchev–Trinajstić information content (AvgIpc) is 2.38. The lowest BCUT2D eigenvalue weighted by atomic mass is 10.1. The molecule has 0 amide bonds. The van der Waals surface area contributed by atoms with Gasteiger partial charge in [-0.3, -0.25) is 0 Å². The van der Waals surface area contributed by atoms with Crippen LogP contribution in [0, 0.1) is 6.92 Å². The number of hydrogen-bond acceptors (Lipinski definition) is 3. The largest absolute Gasteiger partial charge is 0.398 e. The van der Waals surface area contributed by atoms with E-state index in [0.717, 1.165) is 11.1 Å². The van der Waals surface area contributed by atoms with Gasteiger partial charge in [-0.05, 0) is 30.7 Å². The molecular weight excluding hydrogens is 308 g/mol. The van der Waals surface area contributed by atoms with Crippen molar-refractivity contribution in [3.8, 4) is 0 Å². The molecule has 0 aromatic heterocycles. The van der Waals surface area contributed by atoms with Crippen LogP contribution in [0.1, 0.15) is 11.1 Å². The Hall–Kier alpha value is -1.56. The summed E-state index contributed by atoms with van der Waals surface area (Å²) in [7, 11) is -2.11. The van der Waals surface area contributed by atoms with Crippen LogP contribution < -0.4 is 5.73 Å². The van der Waals surface area contributed by atoms with Gasteiger partial charge in [0.25, 0.3) is 0 Å². The molecule has 0 bridgehead atoms. The Kier molecular flexibility index (Phi) is 4.56. The Morgan fingerprint density at radius 1 is 1.19 bits per heavy atom. The molecule has 0 atom stereocenters. The van der Waals surface area contributed by atoms with Gasteiger partial charge in [0.1, 0.15) is 4.90 Å². The van der Waals surface area contributed by atoms with Gasteiger partial charge in [0, 0.05) is 18.6 Å². The summed E-state index contributed by atoms with van der Waals surface area (Å²) in [4.78, 5) is 0.0713.